The number of benzene rings is 2. The van der Waals surface area contributed by atoms with Crippen molar-refractivity contribution in [2.24, 2.45) is 0 Å². The van der Waals surface area contributed by atoms with Crippen molar-refractivity contribution in [3.63, 3.8) is 0 Å². The van der Waals surface area contributed by atoms with Gasteiger partial charge in [-0.2, -0.15) is 0 Å². The first-order valence-corrected chi connectivity index (χ1v) is 18.4. The van der Waals surface area contributed by atoms with Crippen LogP contribution in [-0.2, 0) is 33.8 Å². The number of hydrogen-bond donors (Lipinski definition) is 0. The van der Waals surface area contributed by atoms with Crippen LogP contribution >= 0.6 is 47.0 Å². The summed E-state index contributed by atoms with van der Waals surface area (Å²) in [4.78, 5) is 19.0. The minimum atomic E-state index is -0.00458. The molecule has 0 saturated carbocycles. The summed E-state index contributed by atoms with van der Waals surface area (Å²) >= 11 is 6.74. The number of fused-ring (bicyclic) bond motifs is 8. The predicted molar refractivity (Wildman–Crippen MR) is 186 cm³/mol. The second-order valence-corrected chi connectivity index (χ2v) is 16.7. The summed E-state index contributed by atoms with van der Waals surface area (Å²) < 4.78 is 12.1. The van der Waals surface area contributed by atoms with Crippen molar-refractivity contribution in [3.8, 4) is 11.5 Å². The van der Waals surface area contributed by atoms with Gasteiger partial charge in [0, 0.05) is 45.3 Å². The van der Waals surface area contributed by atoms with E-state index in [-0.39, 0.29) is 10.8 Å². The molecule has 10 heteroatoms. The number of thioether (sulfide) groups is 4. The third-order valence-corrected chi connectivity index (χ3v) is 11.1. The average molecular weight is 665 g/mol. The van der Waals surface area contributed by atoms with Gasteiger partial charge in [-0.05, 0) is 22.0 Å². The van der Waals surface area contributed by atoms with E-state index in [1.807, 2.05) is 24.8 Å². The molecule has 8 bridgehead atoms. The van der Waals surface area contributed by atoms with Gasteiger partial charge in [-0.3, -0.25) is 9.97 Å². The lowest BCUT2D eigenvalue weighted by Crippen LogP contribution is -2.13. The Balaban J connectivity index is 1.58. The van der Waals surface area contributed by atoms with Crippen molar-refractivity contribution >= 4 is 47.0 Å². The van der Waals surface area contributed by atoms with Crippen molar-refractivity contribution in [3.05, 3.63) is 82.4 Å². The Kier molecular flexibility index (Phi) is 10.4. The van der Waals surface area contributed by atoms with Crippen LogP contribution in [-0.4, -0.2) is 34.2 Å². The minimum absolute atomic E-state index is 0.00458. The fourth-order valence-corrected chi connectivity index (χ4v) is 8.26. The molecular formula is C34H40N4O2S4. The van der Waals surface area contributed by atoms with Crippen molar-refractivity contribution in [2.45, 2.75) is 95.5 Å². The van der Waals surface area contributed by atoms with Crippen molar-refractivity contribution < 1.29 is 9.47 Å². The van der Waals surface area contributed by atoms with Gasteiger partial charge in [-0.25, -0.2) is 9.97 Å². The number of rotatable bonds is 2. The Hall–Kier alpha value is -2.40. The van der Waals surface area contributed by atoms with Gasteiger partial charge in [-0.1, -0.05) is 113 Å². The Morgan fingerprint density at radius 1 is 0.500 bits per heavy atom. The van der Waals surface area contributed by atoms with E-state index < -0.39 is 0 Å². The second kappa shape index (κ2) is 13.9. The number of ether oxygens (including phenoxy) is 2. The van der Waals surface area contributed by atoms with Crippen molar-refractivity contribution in [2.75, 3.05) is 14.2 Å². The highest BCUT2D eigenvalue weighted by Crippen LogP contribution is 2.40. The van der Waals surface area contributed by atoms with Gasteiger partial charge >= 0.3 is 0 Å². The molecule has 0 unspecified atom stereocenters. The lowest BCUT2D eigenvalue weighted by molar-refractivity contribution is 0.407. The van der Waals surface area contributed by atoms with Gasteiger partial charge in [0.15, 0.2) is 0 Å². The maximum absolute atomic E-state index is 6.03. The number of aromatic nitrogens is 4. The van der Waals surface area contributed by atoms with Gasteiger partial charge in [0.1, 0.15) is 31.6 Å². The van der Waals surface area contributed by atoms with Crippen LogP contribution in [0.15, 0.2) is 69.2 Å². The molecule has 5 rings (SSSR count). The summed E-state index contributed by atoms with van der Waals surface area (Å²) in [7, 11) is 3.52. The first-order chi connectivity index (χ1) is 20.9. The van der Waals surface area contributed by atoms with E-state index in [9.17, 15) is 0 Å². The molecule has 0 spiro atoms. The maximum atomic E-state index is 6.03. The lowest BCUT2D eigenvalue weighted by atomic mass is 9.85. The van der Waals surface area contributed by atoms with Gasteiger partial charge < -0.3 is 9.47 Å². The summed E-state index contributed by atoms with van der Waals surface area (Å²) in [6, 6.07) is 9.12. The molecule has 2 aromatic carbocycles. The van der Waals surface area contributed by atoms with E-state index in [4.69, 9.17) is 19.4 Å². The van der Waals surface area contributed by atoms with Crippen LogP contribution in [0.3, 0.4) is 0 Å². The molecule has 2 aromatic heterocycles. The average Bonchev–Trinajstić information content (AvgIpc) is 2.99. The standard InChI is InChI=1S/C34H40N4O2S4/c1-33(2,3)25-9-21-17-41-27-13-35-15-29(37-27)43-19-23-11-26(34(4,5)6)12-24(32(23)40-8)20-44-30-16-36-14-28(38-30)42-18-22(10-25)31(21)39-7/h9-16H,17-20H2,1-8H3. The first kappa shape index (κ1) is 33.0. The van der Waals surface area contributed by atoms with E-state index in [1.54, 1.807) is 61.3 Å². The molecule has 1 aliphatic heterocycles. The molecular weight excluding hydrogens is 625 g/mol. The Morgan fingerprint density at radius 3 is 1.00 bits per heavy atom. The van der Waals surface area contributed by atoms with E-state index in [0.29, 0.717) is 0 Å². The van der Waals surface area contributed by atoms with Crippen LogP contribution in [0.2, 0.25) is 0 Å². The van der Waals surface area contributed by atoms with Crippen LogP contribution in [0.1, 0.15) is 74.9 Å². The Morgan fingerprint density at radius 2 is 0.773 bits per heavy atom. The topological polar surface area (TPSA) is 70.0 Å². The summed E-state index contributed by atoms with van der Waals surface area (Å²) in [6.07, 6.45) is 7.39. The molecule has 44 heavy (non-hydrogen) atoms. The zero-order valence-corrected chi connectivity index (χ0v) is 30.0. The molecule has 0 radical (unpaired) electrons. The molecule has 0 N–H and O–H groups in total. The van der Waals surface area contributed by atoms with Crippen LogP contribution in [0.4, 0.5) is 0 Å². The Bertz CT molecular complexity index is 1420. The Labute approximate surface area is 278 Å². The second-order valence-electron chi connectivity index (χ2n) is 12.7. The summed E-state index contributed by atoms with van der Waals surface area (Å²) in [5.74, 6) is 4.75. The molecule has 3 heterocycles. The van der Waals surface area contributed by atoms with E-state index in [0.717, 1.165) is 76.9 Å². The highest BCUT2D eigenvalue weighted by molar-refractivity contribution is 7.99. The highest BCUT2D eigenvalue weighted by atomic mass is 32.2. The summed E-state index contributed by atoms with van der Waals surface area (Å²) in [6.45, 7) is 13.5. The van der Waals surface area contributed by atoms with Gasteiger partial charge in [0.2, 0.25) is 0 Å². The van der Waals surface area contributed by atoms with E-state index in [1.165, 1.54) is 11.1 Å². The van der Waals surface area contributed by atoms with Gasteiger partial charge in [0.25, 0.3) is 0 Å². The zero-order chi connectivity index (χ0) is 31.5. The fourth-order valence-electron chi connectivity index (χ4n) is 4.88. The maximum Gasteiger partial charge on any atom is 0.126 e. The van der Waals surface area contributed by atoms with E-state index >= 15 is 0 Å². The molecule has 1 aliphatic rings. The van der Waals surface area contributed by atoms with Crippen LogP contribution in [0.5, 0.6) is 11.5 Å². The van der Waals surface area contributed by atoms with Crippen molar-refractivity contribution in [1.29, 1.82) is 0 Å². The van der Waals surface area contributed by atoms with Crippen molar-refractivity contribution in [1.82, 2.24) is 19.9 Å². The first-order valence-electron chi connectivity index (χ1n) is 14.5. The fraction of sp³-hybridized carbons (Fsp3) is 0.412. The monoisotopic (exact) mass is 664 g/mol. The molecule has 6 nitrogen and oxygen atoms in total. The molecule has 0 amide bonds. The predicted octanol–water partition coefficient (Wildman–Crippen LogP) is 9.36. The molecule has 0 aliphatic carbocycles. The minimum Gasteiger partial charge on any atom is -0.496 e. The smallest absolute Gasteiger partial charge is 0.126 e. The molecule has 0 fully saturated rings. The summed E-state index contributed by atoms with van der Waals surface area (Å²) in [5.41, 5.74) is 7.17. The molecule has 232 valence electrons. The van der Waals surface area contributed by atoms with Gasteiger partial charge in [0.05, 0.1) is 39.0 Å². The SMILES string of the molecule is COc1c2cc(C(C)(C)C)cc1CSc1cncc(n1)SCc1cc(C(C)(C)C)cc(c1OC)CSc1cncc(n1)SC2. The van der Waals surface area contributed by atoms with Gasteiger partial charge in [-0.15, -0.1) is 0 Å². The molecule has 4 aromatic rings. The summed E-state index contributed by atoms with van der Waals surface area (Å²) in [5, 5.41) is 3.57. The quantitative estimate of drug-likeness (QED) is 0.207. The largest absolute Gasteiger partial charge is 0.496 e. The van der Waals surface area contributed by atoms with E-state index in [2.05, 4.69) is 75.8 Å². The number of hydrogen-bond acceptors (Lipinski definition) is 10. The third-order valence-electron chi connectivity index (χ3n) is 7.31. The lowest BCUT2D eigenvalue weighted by Gasteiger charge is -2.24. The highest BCUT2D eigenvalue weighted by Gasteiger charge is 2.22. The van der Waals surface area contributed by atoms with Crippen LogP contribution in [0.25, 0.3) is 0 Å². The number of methoxy groups -OCH3 is 2. The van der Waals surface area contributed by atoms with Crippen LogP contribution < -0.4 is 9.47 Å². The van der Waals surface area contributed by atoms with Crippen LogP contribution in [0, 0.1) is 0 Å². The third kappa shape index (κ3) is 8.05. The zero-order valence-electron chi connectivity index (χ0n) is 26.7. The normalized spacial score (nSPS) is 14.5. The number of nitrogens with zero attached hydrogens (tertiary/aromatic N) is 4. The molecule has 0 atom stereocenters. The molecule has 0 saturated heterocycles.